The molecule has 1 amide bonds. The fourth-order valence-electron chi connectivity index (χ4n) is 2.33. The lowest BCUT2D eigenvalue weighted by Gasteiger charge is -2.20. The highest BCUT2D eigenvalue weighted by atomic mass is 35.5. The van der Waals surface area contributed by atoms with Gasteiger partial charge < -0.3 is 19.9 Å². The van der Waals surface area contributed by atoms with E-state index in [0.717, 1.165) is 5.56 Å². The van der Waals surface area contributed by atoms with Gasteiger partial charge in [-0.15, -0.1) is 5.10 Å². The zero-order valence-electron chi connectivity index (χ0n) is 13.1. The van der Waals surface area contributed by atoms with Crippen molar-refractivity contribution in [1.29, 1.82) is 0 Å². The van der Waals surface area contributed by atoms with Gasteiger partial charge >= 0.3 is 5.97 Å². The molecule has 0 spiro atoms. The summed E-state index contributed by atoms with van der Waals surface area (Å²) in [6.07, 6.45) is 1.75. The van der Waals surface area contributed by atoms with Crippen LogP contribution in [0.5, 0.6) is 11.5 Å². The van der Waals surface area contributed by atoms with Crippen molar-refractivity contribution in [2.24, 2.45) is 0 Å². The molecule has 2 N–H and O–H groups in total. The largest absolute Gasteiger partial charge is 0.486 e. The van der Waals surface area contributed by atoms with Gasteiger partial charge in [0.15, 0.2) is 17.2 Å². The van der Waals surface area contributed by atoms with Crippen molar-refractivity contribution >= 4 is 23.5 Å². The van der Waals surface area contributed by atoms with Crippen molar-refractivity contribution < 1.29 is 24.2 Å². The number of hydrogen-bond acceptors (Lipinski definition) is 6. The molecule has 0 atom stereocenters. The molecule has 0 saturated carbocycles. The normalized spacial score (nSPS) is 12.7. The Hall–Kier alpha value is -2.81. The molecule has 0 aliphatic carbocycles. The van der Waals surface area contributed by atoms with Gasteiger partial charge in [0.2, 0.25) is 5.91 Å². The number of carbonyl (C=O) groups excluding carboxylic acids is 1. The lowest BCUT2D eigenvalue weighted by atomic mass is 10.1. The summed E-state index contributed by atoms with van der Waals surface area (Å²) in [5.74, 6) is -0.349. The van der Waals surface area contributed by atoms with E-state index in [1.54, 1.807) is 6.07 Å². The van der Waals surface area contributed by atoms with Crippen LogP contribution in [0.15, 0.2) is 18.3 Å². The molecule has 2 heterocycles. The number of ether oxygens (including phenoxy) is 2. The molecule has 0 unspecified atom stereocenters. The van der Waals surface area contributed by atoms with Crippen LogP contribution in [0.1, 0.15) is 16.1 Å². The SMILES string of the molecule is O=C(Cn1cc(C(=O)O)nn1)NCCc1cc(Cl)c2c(c1)OCCO2. The highest BCUT2D eigenvalue weighted by molar-refractivity contribution is 6.32. The van der Waals surface area contributed by atoms with Crippen molar-refractivity contribution in [3.63, 3.8) is 0 Å². The highest BCUT2D eigenvalue weighted by Crippen LogP contribution is 2.38. The first-order chi connectivity index (χ1) is 12.0. The second-order valence-electron chi connectivity index (χ2n) is 5.31. The smallest absolute Gasteiger partial charge is 0.358 e. The molecule has 3 rings (SSSR count). The van der Waals surface area contributed by atoms with Crippen molar-refractivity contribution in [3.05, 3.63) is 34.6 Å². The molecule has 10 heteroatoms. The Balaban J connectivity index is 1.51. The quantitative estimate of drug-likeness (QED) is 0.775. The van der Waals surface area contributed by atoms with Gasteiger partial charge in [-0.25, -0.2) is 9.48 Å². The molecule has 132 valence electrons. The van der Waals surface area contributed by atoms with E-state index in [0.29, 0.717) is 42.7 Å². The van der Waals surface area contributed by atoms with E-state index in [2.05, 4.69) is 15.6 Å². The van der Waals surface area contributed by atoms with Gasteiger partial charge in [0, 0.05) is 6.54 Å². The Morgan fingerprint density at radius 2 is 2.12 bits per heavy atom. The maximum Gasteiger partial charge on any atom is 0.358 e. The number of hydrogen-bond donors (Lipinski definition) is 2. The number of carboxylic acid groups (broad SMARTS) is 1. The van der Waals surface area contributed by atoms with E-state index in [4.69, 9.17) is 26.2 Å². The van der Waals surface area contributed by atoms with Crippen LogP contribution in [-0.4, -0.2) is 51.7 Å². The van der Waals surface area contributed by atoms with E-state index in [-0.39, 0.29) is 18.1 Å². The first kappa shape index (κ1) is 17.0. The molecule has 0 saturated heterocycles. The number of rotatable bonds is 6. The number of aromatic carboxylic acids is 1. The molecule has 0 bridgehead atoms. The Morgan fingerprint density at radius 1 is 1.32 bits per heavy atom. The Kier molecular flexibility index (Phi) is 5.03. The minimum Gasteiger partial charge on any atom is -0.486 e. The van der Waals surface area contributed by atoms with Crippen LogP contribution in [0, 0.1) is 0 Å². The Morgan fingerprint density at radius 3 is 2.88 bits per heavy atom. The number of carbonyl (C=O) groups is 2. The Bertz CT molecular complexity index is 807. The van der Waals surface area contributed by atoms with Crippen LogP contribution in [-0.2, 0) is 17.8 Å². The van der Waals surface area contributed by atoms with Crippen LogP contribution >= 0.6 is 11.6 Å². The van der Waals surface area contributed by atoms with Gasteiger partial charge in [0.1, 0.15) is 19.8 Å². The lowest BCUT2D eigenvalue weighted by molar-refractivity contribution is -0.121. The summed E-state index contributed by atoms with van der Waals surface area (Å²) in [6, 6.07) is 3.61. The van der Waals surface area contributed by atoms with E-state index in [9.17, 15) is 9.59 Å². The summed E-state index contributed by atoms with van der Waals surface area (Å²) in [7, 11) is 0. The minimum absolute atomic E-state index is 0.109. The van der Waals surface area contributed by atoms with Crippen LogP contribution < -0.4 is 14.8 Å². The second-order valence-corrected chi connectivity index (χ2v) is 5.72. The van der Waals surface area contributed by atoms with Gasteiger partial charge in [-0.3, -0.25) is 4.79 Å². The van der Waals surface area contributed by atoms with Crippen LogP contribution in [0.4, 0.5) is 0 Å². The van der Waals surface area contributed by atoms with E-state index in [1.807, 2.05) is 6.07 Å². The molecular weight excluding hydrogens is 352 g/mol. The zero-order valence-corrected chi connectivity index (χ0v) is 13.8. The molecule has 25 heavy (non-hydrogen) atoms. The van der Waals surface area contributed by atoms with Crippen molar-refractivity contribution in [1.82, 2.24) is 20.3 Å². The number of nitrogens with zero attached hydrogens (tertiary/aromatic N) is 3. The molecule has 1 aromatic heterocycles. The molecule has 0 fully saturated rings. The highest BCUT2D eigenvalue weighted by Gasteiger charge is 2.16. The monoisotopic (exact) mass is 366 g/mol. The summed E-state index contributed by atoms with van der Waals surface area (Å²) in [5, 5.41) is 19.0. The van der Waals surface area contributed by atoms with Gasteiger partial charge in [-0.2, -0.15) is 0 Å². The summed E-state index contributed by atoms with van der Waals surface area (Å²) in [4.78, 5) is 22.6. The predicted molar refractivity (Wildman–Crippen MR) is 86.1 cm³/mol. The summed E-state index contributed by atoms with van der Waals surface area (Å²) < 4.78 is 12.1. The number of benzene rings is 1. The van der Waals surface area contributed by atoms with Gasteiger partial charge in [-0.05, 0) is 24.1 Å². The van der Waals surface area contributed by atoms with Crippen LogP contribution in [0.2, 0.25) is 5.02 Å². The Labute approximate surface area is 147 Å². The summed E-state index contributed by atoms with van der Waals surface area (Å²) in [5.41, 5.74) is 0.696. The van der Waals surface area contributed by atoms with Crippen LogP contribution in [0.25, 0.3) is 0 Å². The number of carboxylic acids is 1. The third-order valence-corrected chi connectivity index (χ3v) is 3.74. The van der Waals surface area contributed by atoms with E-state index in [1.165, 1.54) is 10.9 Å². The average molecular weight is 367 g/mol. The van der Waals surface area contributed by atoms with Gasteiger partial charge in [-0.1, -0.05) is 16.8 Å². The molecule has 9 nitrogen and oxygen atoms in total. The van der Waals surface area contributed by atoms with Crippen molar-refractivity contribution in [2.45, 2.75) is 13.0 Å². The predicted octanol–water partition coefficient (Wildman–Crippen LogP) is 0.760. The third-order valence-electron chi connectivity index (χ3n) is 3.46. The molecule has 2 aromatic rings. The third kappa shape index (κ3) is 4.18. The number of nitrogens with one attached hydrogen (secondary N) is 1. The lowest BCUT2D eigenvalue weighted by Crippen LogP contribution is -2.29. The standard InChI is InChI=1S/C15H15ClN4O5/c16-10-5-9(6-12-14(10)25-4-3-24-12)1-2-17-13(21)8-20-7-11(15(22)23)18-19-20/h5-7H,1-4,8H2,(H,17,21)(H,22,23). The summed E-state index contributed by atoms with van der Waals surface area (Å²) >= 11 is 6.17. The van der Waals surface area contributed by atoms with Crippen molar-refractivity contribution in [3.8, 4) is 11.5 Å². The van der Waals surface area contributed by atoms with E-state index < -0.39 is 5.97 Å². The molecular formula is C15H15ClN4O5. The van der Waals surface area contributed by atoms with Gasteiger partial charge in [0.25, 0.3) is 0 Å². The molecule has 0 radical (unpaired) electrons. The number of aromatic nitrogens is 3. The number of amides is 1. The fourth-order valence-corrected chi connectivity index (χ4v) is 2.62. The van der Waals surface area contributed by atoms with Crippen LogP contribution in [0.3, 0.4) is 0 Å². The topological polar surface area (TPSA) is 116 Å². The number of fused-ring (bicyclic) bond motifs is 1. The average Bonchev–Trinajstić information content (AvgIpc) is 3.03. The summed E-state index contributed by atoms with van der Waals surface area (Å²) in [6.45, 7) is 1.21. The zero-order chi connectivity index (χ0) is 17.8. The minimum atomic E-state index is -1.19. The van der Waals surface area contributed by atoms with Gasteiger partial charge in [0.05, 0.1) is 11.2 Å². The second kappa shape index (κ2) is 7.39. The number of halogens is 1. The maximum absolute atomic E-state index is 11.9. The maximum atomic E-state index is 11.9. The fraction of sp³-hybridized carbons (Fsp3) is 0.333. The van der Waals surface area contributed by atoms with Crippen molar-refractivity contribution in [2.75, 3.05) is 19.8 Å². The van der Waals surface area contributed by atoms with E-state index >= 15 is 0 Å². The molecule has 1 aromatic carbocycles. The molecule has 1 aliphatic heterocycles. The first-order valence-corrected chi connectivity index (χ1v) is 7.89. The molecule has 1 aliphatic rings. The first-order valence-electron chi connectivity index (χ1n) is 7.51.